The van der Waals surface area contributed by atoms with E-state index in [0.29, 0.717) is 29.5 Å². The number of morpholine rings is 1. The lowest BCUT2D eigenvalue weighted by atomic mass is 10.1. The van der Waals surface area contributed by atoms with Crippen LogP contribution in [-0.2, 0) is 14.8 Å². The van der Waals surface area contributed by atoms with E-state index in [0.717, 1.165) is 60.7 Å². The van der Waals surface area contributed by atoms with Crippen molar-refractivity contribution in [2.45, 2.75) is 16.2 Å². The zero-order valence-corrected chi connectivity index (χ0v) is 20.1. The lowest BCUT2D eigenvalue weighted by Crippen LogP contribution is -2.37. The summed E-state index contributed by atoms with van der Waals surface area (Å²) in [6.45, 7) is 5.55. The van der Waals surface area contributed by atoms with Crippen LogP contribution in [0.3, 0.4) is 0 Å². The summed E-state index contributed by atoms with van der Waals surface area (Å²) in [5.74, 6) is 1.43. The summed E-state index contributed by atoms with van der Waals surface area (Å²) in [6, 6.07) is 18.9. The molecule has 33 heavy (non-hydrogen) atoms. The third kappa shape index (κ3) is 4.99. The molecule has 0 aromatic heterocycles. The first-order valence-corrected chi connectivity index (χ1v) is 13.8. The molecule has 0 N–H and O–H groups in total. The fraction of sp³-hybridized carbons (Fsp3) is 0.360. The van der Waals surface area contributed by atoms with Crippen LogP contribution >= 0.6 is 11.8 Å². The van der Waals surface area contributed by atoms with Gasteiger partial charge in [-0.3, -0.25) is 9.21 Å². The standard InChI is InChI=1S/C25H28N2O4S2/c28-33(29,23-8-6-20-4-1-2-5-21(20)18-23)27-13-17-32-25-9-7-22(19-24(25)27)31-14-3-10-26-11-15-30-16-12-26/h1-2,4-9,18-19H,3,10-17H2. The number of anilines is 1. The highest BCUT2D eigenvalue weighted by Gasteiger charge is 2.30. The van der Waals surface area contributed by atoms with E-state index >= 15 is 0 Å². The molecule has 1 fully saturated rings. The molecular formula is C25H28N2O4S2. The number of benzene rings is 3. The van der Waals surface area contributed by atoms with Gasteiger partial charge >= 0.3 is 0 Å². The van der Waals surface area contributed by atoms with Gasteiger partial charge in [0.25, 0.3) is 10.0 Å². The third-order valence-electron chi connectivity index (χ3n) is 6.05. The van der Waals surface area contributed by atoms with Crippen LogP contribution in [-0.4, -0.2) is 65.1 Å². The largest absolute Gasteiger partial charge is 0.493 e. The van der Waals surface area contributed by atoms with Crippen molar-refractivity contribution < 1.29 is 17.9 Å². The minimum Gasteiger partial charge on any atom is -0.493 e. The molecule has 3 aromatic rings. The van der Waals surface area contributed by atoms with Crippen molar-refractivity contribution in [1.29, 1.82) is 0 Å². The molecule has 0 amide bonds. The van der Waals surface area contributed by atoms with Gasteiger partial charge in [0, 0.05) is 42.9 Å². The molecule has 2 aliphatic heterocycles. The second-order valence-electron chi connectivity index (χ2n) is 8.22. The Hall–Kier alpha value is -2.26. The first-order chi connectivity index (χ1) is 16.1. The van der Waals surface area contributed by atoms with Crippen LogP contribution in [0.25, 0.3) is 10.8 Å². The fourth-order valence-electron chi connectivity index (χ4n) is 4.27. The predicted molar refractivity (Wildman–Crippen MR) is 133 cm³/mol. The molecule has 2 aliphatic rings. The van der Waals surface area contributed by atoms with E-state index in [1.807, 2.05) is 48.5 Å². The first kappa shape index (κ1) is 22.5. The zero-order chi connectivity index (χ0) is 22.7. The van der Waals surface area contributed by atoms with Crippen molar-refractivity contribution in [1.82, 2.24) is 4.90 Å². The lowest BCUT2D eigenvalue weighted by molar-refractivity contribution is 0.0358. The molecule has 0 bridgehead atoms. The maximum atomic E-state index is 13.6. The minimum atomic E-state index is -3.68. The maximum absolute atomic E-state index is 13.6. The molecule has 3 aromatic carbocycles. The number of thioether (sulfide) groups is 1. The highest BCUT2D eigenvalue weighted by Crippen LogP contribution is 2.40. The number of hydrogen-bond donors (Lipinski definition) is 0. The summed E-state index contributed by atoms with van der Waals surface area (Å²) in [5.41, 5.74) is 0.699. The van der Waals surface area contributed by atoms with E-state index in [1.165, 1.54) is 4.31 Å². The number of fused-ring (bicyclic) bond motifs is 2. The molecule has 0 radical (unpaired) electrons. The maximum Gasteiger partial charge on any atom is 0.264 e. The van der Waals surface area contributed by atoms with Crippen molar-refractivity contribution in [3.8, 4) is 5.75 Å². The molecule has 8 heteroatoms. The molecule has 0 spiro atoms. The van der Waals surface area contributed by atoms with Gasteiger partial charge in [-0.25, -0.2) is 8.42 Å². The Bertz CT molecular complexity index is 1230. The van der Waals surface area contributed by atoms with E-state index in [4.69, 9.17) is 9.47 Å². The number of sulfonamides is 1. The van der Waals surface area contributed by atoms with Crippen molar-refractivity contribution >= 4 is 38.2 Å². The molecule has 5 rings (SSSR count). The average Bonchev–Trinajstić information content (AvgIpc) is 2.86. The highest BCUT2D eigenvalue weighted by molar-refractivity contribution is 8.00. The Kier molecular flexibility index (Phi) is 6.78. The van der Waals surface area contributed by atoms with Crippen molar-refractivity contribution in [3.05, 3.63) is 60.7 Å². The Morgan fingerprint density at radius 3 is 2.61 bits per heavy atom. The minimum absolute atomic E-state index is 0.316. The summed E-state index contributed by atoms with van der Waals surface area (Å²) in [5, 5.41) is 1.95. The predicted octanol–water partition coefficient (Wildman–Crippen LogP) is 4.24. The Morgan fingerprint density at radius 1 is 0.939 bits per heavy atom. The third-order valence-corrected chi connectivity index (χ3v) is 8.90. The quantitative estimate of drug-likeness (QED) is 0.468. The number of rotatable bonds is 7. The van der Waals surface area contributed by atoms with Gasteiger partial charge in [-0.1, -0.05) is 30.3 Å². The summed E-state index contributed by atoms with van der Waals surface area (Å²) in [6.07, 6.45) is 0.922. The van der Waals surface area contributed by atoms with E-state index in [2.05, 4.69) is 4.90 Å². The summed E-state index contributed by atoms with van der Waals surface area (Å²) >= 11 is 1.68. The van der Waals surface area contributed by atoms with Gasteiger partial charge in [0.05, 0.1) is 30.4 Å². The van der Waals surface area contributed by atoms with Crippen LogP contribution < -0.4 is 9.04 Å². The molecule has 0 atom stereocenters. The number of nitrogens with zero attached hydrogens (tertiary/aromatic N) is 2. The smallest absolute Gasteiger partial charge is 0.264 e. The van der Waals surface area contributed by atoms with E-state index in [1.54, 1.807) is 23.9 Å². The van der Waals surface area contributed by atoms with Gasteiger partial charge in [-0.05, 0) is 41.5 Å². The first-order valence-electron chi connectivity index (χ1n) is 11.3. The highest BCUT2D eigenvalue weighted by atomic mass is 32.2. The number of hydrogen-bond acceptors (Lipinski definition) is 6. The van der Waals surface area contributed by atoms with Crippen LogP contribution in [0, 0.1) is 0 Å². The molecule has 0 saturated carbocycles. The van der Waals surface area contributed by atoms with Crippen molar-refractivity contribution in [3.63, 3.8) is 0 Å². The van der Waals surface area contributed by atoms with Gasteiger partial charge in [0.15, 0.2) is 0 Å². The lowest BCUT2D eigenvalue weighted by Gasteiger charge is -2.30. The Balaban J connectivity index is 1.32. The summed E-state index contributed by atoms with van der Waals surface area (Å²) in [4.78, 5) is 3.66. The fourth-order valence-corrected chi connectivity index (χ4v) is 6.93. The van der Waals surface area contributed by atoms with E-state index in [9.17, 15) is 8.42 Å². The van der Waals surface area contributed by atoms with Crippen LogP contribution in [0.15, 0.2) is 70.5 Å². The summed E-state index contributed by atoms with van der Waals surface area (Å²) < 4.78 is 40.1. The molecule has 1 saturated heterocycles. The molecule has 0 unspecified atom stereocenters. The monoisotopic (exact) mass is 484 g/mol. The van der Waals surface area contributed by atoms with Gasteiger partial charge in [0.2, 0.25) is 0 Å². The molecule has 0 aliphatic carbocycles. The topological polar surface area (TPSA) is 59.1 Å². The van der Waals surface area contributed by atoms with Gasteiger partial charge in [-0.15, -0.1) is 11.8 Å². The number of ether oxygens (including phenoxy) is 2. The molecule has 174 valence electrons. The normalized spacial score (nSPS) is 17.2. The van der Waals surface area contributed by atoms with Crippen LogP contribution in [0.4, 0.5) is 5.69 Å². The molecule has 6 nitrogen and oxygen atoms in total. The van der Waals surface area contributed by atoms with E-state index in [-0.39, 0.29) is 0 Å². The second kappa shape index (κ2) is 9.93. The molecular weight excluding hydrogens is 456 g/mol. The van der Waals surface area contributed by atoms with Gasteiger partial charge in [0.1, 0.15) is 5.75 Å². The van der Waals surface area contributed by atoms with Gasteiger partial charge < -0.3 is 9.47 Å². The Morgan fingerprint density at radius 2 is 1.76 bits per heavy atom. The SMILES string of the molecule is O=S(=O)(c1ccc2ccccc2c1)N1CCSc2ccc(OCCCN3CCOCC3)cc21. The summed E-state index contributed by atoms with van der Waals surface area (Å²) in [7, 11) is -3.68. The molecule has 2 heterocycles. The van der Waals surface area contributed by atoms with Crippen LogP contribution in [0.1, 0.15) is 6.42 Å². The zero-order valence-electron chi connectivity index (χ0n) is 18.5. The van der Waals surface area contributed by atoms with Crippen LogP contribution in [0.2, 0.25) is 0 Å². The van der Waals surface area contributed by atoms with E-state index < -0.39 is 10.0 Å². The average molecular weight is 485 g/mol. The van der Waals surface area contributed by atoms with Gasteiger partial charge in [-0.2, -0.15) is 0 Å². The Labute approximate surface area is 199 Å². The van der Waals surface area contributed by atoms with Crippen molar-refractivity contribution in [2.24, 2.45) is 0 Å². The second-order valence-corrected chi connectivity index (χ2v) is 11.2. The van der Waals surface area contributed by atoms with Crippen molar-refractivity contribution in [2.75, 3.05) is 56.1 Å². The van der Waals surface area contributed by atoms with Crippen LogP contribution in [0.5, 0.6) is 5.75 Å².